The van der Waals surface area contributed by atoms with E-state index in [9.17, 15) is 13.2 Å². The predicted molar refractivity (Wildman–Crippen MR) is 153 cm³/mol. The number of piperazine rings is 1. The molecule has 2 atom stereocenters. The molecule has 2 unspecified atom stereocenters. The van der Waals surface area contributed by atoms with E-state index in [4.69, 9.17) is 11.6 Å². The van der Waals surface area contributed by atoms with Crippen LogP contribution in [0, 0.1) is 6.92 Å². The molecule has 1 amide bonds. The van der Waals surface area contributed by atoms with Gasteiger partial charge in [0.25, 0.3) is 10.0 Å². The quantitative estimate of drug-likeness (QED) is 0.328. The van der Waals surface area contributed by atoms with Crippen LogP contribution >= 0.6 is 22.9 Å². The molecule has 4 aromatic rings. The third-order valence-corrected chi connectivity index (χ3v) is 9.22. The van der Waals surface area contributed by atoms with Crippen molar-refractivity contribution >= 4 is 60.6 Å². The van der Waals surface area contributed by atoms with Crippen molar-refractivity contribution in [2.24, 2.45) is 0 Å². The van der Waals surface area contributed by atoms with Crippen molar-refractivity contribution in [3.8, 4) is 0 Å². The van der Waals surface area contributed by atoms with Gasteiger partial charge in [-0.2, -0.15) is 0 Å². The first-order valence-electron chi connectivity index (χ1n) is 12.0. The van der Waals surface area contributed by atoms with Crippen LogP contribution in [0.3, 0.4) is 0 Å². The van der Waals surface area contributed by atoms with E-state index in [-0.39, 0.29) is 25.7 Å². The molecule has 1 aliphatic rings. The summed E-state index contributed by atoms with van der Waals surface area (Å²) in [5.41, 5.74) is 2.93. The van der Waals surface area contributed by atoms with Crippen LogP contribution in [-0.4, -0.2) is 54.5 Å². The van der Waals surface area contributed by atoms with E-state index in [1.54, 1.807) is 23.7 Å². The van der Waals surface area contributed by atoms with E-state index in [0.29, 0.717) is 29.8 Å². The molecule has 198 valence electrons. The summed E-state index contributed by atoms with van der Waals surface area (Å²) in [6.07, 6.45) is 1.55. The molecular formula is C26H32ClN5O3S2. The molecular weight excluding hydrogens is 530 g/mol. The summed E-state index contributed by atoms with van der Waals surface area (Å²) >= 11 is 7.39. The number of nitrogens with one attached hydrogen (secondary N) is 1. The van der Waals surface area contributed by atoms with E-state index < -0.39 is 10.0 Å². The van der Waals surface area contributed by atoms with Gasteiger partial charge in [-0.15, -0.1) is 11.3 Å². The van der Waals surface area contributed by atoms with Crippen LogP contribution in [0.4, 0.5) is 10.8 Å². The van der Waals surface area contributed by atoms with E-state index in [0.717, 1.165) is 22.3 Å². The molecule has 2 aromatic heterocycles. The monoisotopic (exact) mass is 561 g/mol. The third kappa shape index (κ3) is 5.05. The first kappa shape index (κ1) is 25.6. The number of amides is 1. The van der Waals surface area contributed by atoms with Gasteiger partial charge in [-0.1, -0.05) is 11.6 Å². The molecule has 0 aliphatic carbocycles. The van der Waals surface area contributed by atoms with E-state index in [2.05, 4.69) is 25.2 Å². The van der Waals surface area contributed by atoms with Gasteiger partial charge in [-0.3, -0.25) is 9.52 Å². The van der Waals surface area contributed by atoms with Gasteiger partial charge in [0, 0.05) is 67.4 Å². The highest BCUT2D eigenvalue weighted by atomic mass is 35.5. The molecule has 3 heterocycles. The lowest BCUT2D eigenvalue weighted by Crippen LogP contribution is -2.55. The number of aromatic nitrogens is 2. The van der Waals surface area contributed by atoms with Crippen LogP contribution in [0.25, 0.3) is 10.9 Å². The Morgan fingerprint density at radius 3 is 2.62 bits per heavy atom. The van der Waals surface area contributed by atoms with Crippen molar-refractivity contribution < 1.29 is 16.1 Å². The van der Waals surface area contributed by atoms with Crippen molar-refractivity contribution in [2.45, 2.75) is 37.8 Å². The van der Waals surface area contributed by atoms with Gasteiger partial charge in [0.2, 0.25) is 5.91 Å². The third-order valence-electron chi connectivity index (χ3n) is 6.81. The largest absolute Gasteiger partial charge is 0.368 e. The number of halogens is 1. The number of thiazole rings is 1. The van der Waals surface area contributed by atoms with Crippen molar-refractivity contribution in [2.75, 3.05) is 29.3 Å². The van der Waals surface area contributed by atoms with Crippen LogP contribution in [0.1, 0.15) is 28.4 Å². The Labute approximate surface area is 228 Å². The van der Waals surface area contributed by atoms with Crippen LogP contribution in [0.5, 0.6) is 0 Å². The number of aryl methyl sites for hydroxylation is 1. The highest BCUT2D eigenvalue weighted by Gasteiger charge is 2.32. The van der Waals surface area contributed by atoms with E-state index in [1.165, 1.54) is 11.3 Å². The molecule has 1 fully saturated rings. The lowest BCUT2D eigenvalue weighted by Gasteiger charge is -2.42. The van der Waals surface area contributed by atoms with Crippen molar-refractivity contribution in [3.63, 3.8) is 0 Å². The van der Waals surface area contributed by atoms with Gasteiger partial charge < -0.3 is 14.4 Å². The molecule has 0 bridgehead atoms. The normalized spacial score (nSPS) is 17.2. The van der Waals surface area contributed by atoms with Crippen LogP contribution in [0.15, 0.2) is 65.0 Å². The second-order valence-electron chi connectivity index (χ2n) is 9.30. The fourth-order valence-electron chi connectivity index (χ4n) is 5.01. The Balaban J connectivity index is 0.00000210. The Hall–Kier alpha value is -3.08. The zero-order valence-electron chi connectivity index (χ0n) is 20.8. The molecule has 11 heteroatoms. The number of nitrogens with zero attached hydrogens (tertiary/aromatic N) is 4. The smallest absolute Gasteiger partial charge is 0.263 e. The summed E-state index contributed by atoms with van der Waals surface area (Å²) in [6, 6.07) is 14.3. The second-order valence-corrected chi connectivity index (χ2v) is 12.3. The predicted octanol–water partition coefficient (Wildman–Crippen LogP) is 5.65. The van der Waals surface area contributed by atoms with Crippen LogP contribution in [0.2, 0.25) is 5.02 Å². The fourth-order valence-corrected chi connectivity index (χ4v) is 6.98. The van der Waals surface area contributed by atoms with Crippen molar-refractivity contribution in [1.82, 2.24) is 14.5 Å². The summed E-state index contributed by atoms with van der Waals surface area (Å²) in [5, 5.41) is 3.75. The average molecular weight is 562 g/mol. The summed E-state index contributed by atoms with van der Waals surface area (Å²) < 4.78 is 29.8. The zero-order chi connectivity index (χ0) is 26.3. The molecule has 1 N–H and O–H groups in total. The molecule has 0 radical (unpaired) electrons. The maximum Gasteiger partial charge on any atom is 0.263 e. The molecule has 1 aliphatic heterocycles. The van der Waals surface area contributed by atoms with E-state index in [1.807, 2.05) is 56.0 Å². The number of hydrogen-bond donors (Lipinski definition) is 1. The SMILES string of the molecule is Cc1cc2cc(Cl)ccc2n1C(C)C(=O)N1CCN(c2ccc(S(=O)(=O)Nc3nccs3)cc2)CC1C.[HH].[HH]. The number of hydrogen-bond acceptors (Lipinski definition) is 6. The molecule has 0 saturated carbocycles. The molecule has 37 heavy (non-hydrogen) atoms. The van der Waals surface area contributed by atoms with Crippen LogP contribution in [-0.2, 0) is 14.8 Å². The minimum Gasteiger partial charge on any atom is -0.368 e. The molecule has 2 aromatic carbocycles. The number of anilines is 2. The molecule has 8 nitrogen and oxygen atoms in total. The highest BCUT2D eigenvalue weighted by Crippen LogP contribution is 2.29. The molecule has 5 rings (SSSR count). The fraction of sp³-hybridized carbons (Fsp3) is 0.308. The molecule has 1 saturated heterocycles. The van der Waals surface area contributed by atoms with Gasteiger partial charge in [-0.05, 0) is 69.3 Å². The summed E-state index contributed by atoms with van der Waals surface area (Å²) in [6.45, 7) is 7.90. The minimum atomic E-state index is -3.70. The van der Waals surface area contributed by atoms with Gasteiger partial charge >= 0.3 is 0 Å². The Kier molecular flexibility index (Phi) is 6.91. The topological polar surface area (TPSA) is 87.5 Å². The summed E-state index contributed by atoms with van der Waals surface area (Å²) in [4.78, 5) is 21.9. The average Bonchev–Trinajstić information content (AvgIpc) is 3.49. The van der Waals surface area contributed by atoms with Crippen LogP contribution < -0.4 is 9.62 Å². The number of fused-ring (bicyclic) bond motifs is 1. The lowest BCUT2D eigenvalue weighted by molar-refractivity contribution is -0.136. The second kappa shape index (κ2) is 10.00. The first-order valence-corrected chi connectivity index (χ1v) is 14.7. The Bertz CT molecular complexity index is 1550. The van der Waals surface area contributed by atoms with Crippen molar-refractivity contribution in [1.29, 1.82) is 0 Å². The van der Waals surface area contributed by atoms with E-state index >= 15 is 0 Å². The lowest BCUT2D eigenvalue weighted by atomic mass is 10.1. The first-order chi connectivity index (χ1) is 17.6. The Morgan fingerprint density at radius 2 is 1.95 bits per heavy atom. The number of carbonyl (C=O) groups is 1. The number of carbonyl (C=O) groups excluding carboxylic acids is 1. The standard InChI is InChI=1S/C26H28ClN5O3S2.2H2/c1-17-14-20-15-21(27)4-9-24(20)32(17)19(3)25(33)31-12-11-30(16-18(31)2)22-5-7-23(8-6-22)37(34,35)29-26-28-10-13-36-26;;/h4-10,13-15,18-19H,11-12,16H2,1-3H3,(H,28,29);2*1H. The summed E-state index contributed by atoms with van der Waals surface area (Å²) in [5.74, 6) is 0.0809. The zero-order valence-corrected chi connectivity index (χ0v) is 23.1. The number of sulfonamides is 1. The maximum absolute atomic E-state index is 13.6. The van der Waals surface area contributed by atoms with Crippen molar-refractivity contribution in [3.05, 3.63) is 70.8 Å². The number of benzene rings is 2. The number of rotatable bonds is 6. The minimum absolute atomic E-state index is 0. The Morgan fingerprint density at radius 1 is 1.19 bits per heavy atom. The van der Waals surface area contributed by atoms with Gasteiger partial charge in [0.15, 0.2) is 5.13 Å². The maximum atomic E-state index is 13.6. The molecule has 0 spiro atoms. The van der Waals surface area contributed by atoms with Gasteiger partial charge in [0.05, 0.1) is 4.90 Å². The highest BCUT2D eigenvalue weighted by molar-refractivity contribution is 7.93. The van der Waals surface area contributed by atoms with Gasteiger partial charge in [-0.25, -0.2) is 13.4 Å². The van der Waals surface area contributed by atoms with Gasteiger partial charge in [0.1, 0.15) is 6.04 Å². The summed E-state index contributed by atoms with van der Waals surface area (Å²) in [7, 11) is -3.70.